The van der Waals surface area contributed by atoms with Crippen molar-refractivity contribution in [2.24, 2.45) is 0 Å². The summed E-state index contributed by atoms with van der Waals surface area (Å²) in [5, 5.41) is 0.608. The van der Waals surface area contributed by atoms with E-state index >= 15 is 0 Å². The highest BCUT2D eigenvalue weighted by Crippen LogP contribution is 2.30. The number of rotatable bonds is 3. The Morgan fingerprint density at radius 3 is 2.33 bits per heavy atom. The molecular weight excluding hydrogens is 245 g/mol. The van der Waals surface area contributed by atoms with Crippen LogP contribution in [-0.4, -0.2) is 11.3 Å². The van der Waals surface area contributed by atoms with Gasteiger partial charge in [0.25, 0.3) is 0 Å². The number of alkyl halides is 3. The summed E-state index contributed by atoms with van der Waals surface area (Å²) in [7, 11) is 0. The van der Waals surface area contributed by atoms with Crippen molar-refractivity contribution in [2.75, 3.05) is 5.75 Å². The van der Waals surface area contributed by atoms with Crippen LogP contribution < -0.4 is 0 Å². The van der Waals surface area contributed by atoms with Crippen LogP contribution in [-0.2, 0) is 0 Å². The number of benzene rings is 1. The molecule has 0 aliphatic carbocycles. The second kappa shape index (κ2) is 5.47. The van der Waals surface area contributed by atoms with Gasteiger partial charge in [-0.3, -0.25) is 0 Å². The molecule has 0 aliphatic heterocycles. The Kier molecular flexibility index (Phi) is 4.54. The number of thioether (sulfide) groups is 1. The fourth-order valence-corrected chi connectivity index (χ4v) is 1.41. The Morgan fingerprint density at radius 2 is 1.80 bits per heavy atom. The van der Waals surface area contributed by atoms with Gasteiger partial charge in [-0.05, 0) is 29.5 Å². The third-order valence-electron chi connectivity index (χ3n) is 1.52. The predicted octanol–water partition coefficient (Wildman–Crippen LogP) is 4.61. The molecule has 5 heteroatoms. The molecule has 1 aromatic rings. The molecule has 0 aliphatic rings. The van der Waals surface area contributed by atoms with Crippen molar-refractivity contribution in [1.29, 1.82) is 0 Å². The highest BCUT2D eigenvalue weighted by atomic mass is 35.5. The third-order valence-corrected chi connectivity index (χ3v) is 2.46. The van der Waals surface area contributed by atoms with Crippen molar-refractivity contribution in [3.63, 3.8) is 0 Å². The number of hydrogen-bond acceptors (Lipinski definition) is 1. The first-order chi connectivity index (χ1) is 6.97. The van der Waals surface area contributed by atoms with Crippen LogP contribution in [0.5, 0.6) is 0 Å². The molecule has 0 N–H and O–H groups in total. The standard InChI is InChI=1S/C10H8ClF3S/c11-9-5-3-8(4-6-9)2-1-7-15-10(12,13)14/h1-6H,7H2/b2-1+. The molecule has 0 fully saturated rings. The SMILES string of the molecule is FC(F)(F)SC/C=C/c1ccc(Cl)cc1. The first-order valence-corrected chi connectivity index (χ1v) is 5.46. The van der Waals surface area contributed by atoms with Crippen molar-refractivity contribution in [2.45, 2.75) is 5.51 Å². The smallest absolute Gasteiger partial charge is 0.160 e. The van der Waals surface area contributed by atoms with Crippen LogP contribution in [0.15, 0.2) is 30.3 Å². The monoisotopic (exact) mass is 252 g/mol. The quantitative estimate of drug-likeness (QED) is 0.757. The van der Waals surface area contributed by atoms with Crippen molar-refractivity contribution < 1.29 is 13.2 Å². The predicted molar refractivity (Wildman–Crippen MR) is 59.0 cm³/mol. The molecule has 0 radical (unpaired) electrons. The Hall–Kier alpha value is -0.610. The topological polar surface area (TPSA) is 0 Å². The molecule has 0 aromatic heterocycles. The number of halogens is 4. The molecule has 0 saturated carbocycles. The summed E-state index contributed by atoms with van der Waals surface area (Å²) in [4.78, 5) is 0. The van der Waals surface area contributed by atoms with Gasteiger partial charge in [0.15, 0.2) is 0 Å². The second-order valence-electron chi connectivity index (χ2n) is 2.71. The van der Waals surface area contributed by atoms with Crippen LogP contribution in [0.2, 0.25) is 5.02 Å². The Balaban J connectivity index is 2.42. The zero-order chi connectivity index (χ0) is 11.3. The van der Waals surface area contributed by atoms with E-state index in [-0.39, 0.29) is 17.5 Å². The first-order valence-electron chi connectivity index (χ1n) is 4.10. The van der Waals surface area contributed by atoms with Gasteiger partial charge in [-0.25, -0.2) is 0 Å². The fourth-order valence-electron chi connectivity index (χ4n) is 0.901. The summed E-state index contributed by atoms with van der Waals surface area (Å²) in [6, 6.07) is 6.88. The van der Waals surface area contributed by atoms with Crippen LogP contribution in [0.4, 0.5) is 13.2 Å². The third kappa shape index (κ3) is 5.74. The Morgan fingerprint density at radius 1 is 1.20 bits per heavy atom. The minimum absolute atomic E-state index is 0.0569. The van der Waals surface area contributed by atoms with Gasteiger partial charge < -0.3 is 0 Å². The van der Waals surface area contributed by atoms with Crippen molar-refractivity contribution in [3.8, 4) is 0 Å². The van der Waals surface area contributed by atoms with Gasteiger partial charge in [0, 0.05) is 10.8 Å². The minimum atomic E-state index is -4.16. The van der Waals surface area contributed by atoms with Crippen LogP contribution in [0.25, 0.3) is 6.08 Å². The molecular formula is C10H8ClF3S. The maximum Gasteiger partial charge on any atom is 0.442 e. The van der Waals surface area contributed by atoms with E-state index in [0.29, 0.717) is 5.02 Å². The molecule has 0 unspecified atom stereocenters. The average molecular weight is 253 g/mol. The second-order valence-corrected chi connectivity index (χ2v) is 4.23. The van der Waals surface area contributed by atoms with Gasteiger partial charge in [-0.15, -0.1) is 0 Å². The molecule has 0 atom stereocenters. The summed E-state index contributed by atoms with van der Waals surface area (Å²) in [6.45, 7) is 0. The summed E-state index contributed by atoms with van der Waals surface area (Å²) in [6.07, 6.45) is 3.11. The molecule has 82 valence electrons. The van der Waals surface area contributed by atoms with Gasteiger partial charge >= 0.3 is 5.51 Å². The van der Waals surface area contributed by atoms with Crippen molar-refractivity contribution in [1.82, 2.24) is 0 Å². The molecule has 0 nitrogen and oxygen atoms in total. The highest BCUT2D eigenvalue weighted by molar-refractivity contribution is 8.00. The van der Waals surface area contributed by atoms with E-state index in [1.807, 2.05) is 0 Å². The van der Waals surface area contributed by atoms with Crippen molar-refractivity contribution in [3.05, 3.63) is 40.9 Å². The zero-order valence-corrected chi connectivity index (χ0v) is 9.16. The summed E-state index contributed by atoms with van der Waals surface area (Å²) >= 11 is 5.60. The van der Waals surface area contributed by atoms with Crippen molar-refractivity contribution >= 4 is 29.4 Å². The molecule has 0 heterocycles. The van der Waals surface area contributed by atoms with E-state index in [9.17, 15) is 13.2 Å². The average Bonchev–Trinajstić information content (AvgIpc) is 2.14. The van der Waals surface area contributed by atoms with Gasteiger partial charge in [0.1, 0.15) is 0 Å². The lowest BCUT2D eigenvalue weighted by molar-refractivity contribution is -0.0326. The molecule has 1 aromatic carbocycles. The maximum atomic E-state index is 11.7. The van der Waals surface area contributed by atoms with Gasteiger partial charge in [0.05, 0.1) is 0 Å². The van der Waals surface area contributed by atoms with E-state index in [1.165, 1.54) is 6.08 Å². The number of hydrogen-bond donors (Lipinski definition) is 0. The van der Waals surface area contributed by atoms with Crippen LogP contribution in [0.1, 0.15) is 5.56 Å². The molecule has 0 bridgehead atoms. The molecule has 0 saturated heterocycles. The molecule has 15 heavy (non-hydrogen) atoms. The normalized spacial score (nSPS) is 12.3. The summed E-state index contributed by atoms with van der Waals surface area (Å²) in [5.74, 6) is -0.0773. The van der Waals surface area contributed by atoms with Gasteiger partial charge in [0.2, 0.25) is 0 Å². The van der Waals surface area contributed by atoms with E-state index in [4.69, 9.17) is 11.6 Å². The molecule has 1 rings (SSSR count). The van der Waals surface area contributed by atoms with E-state index in [2.05, 4.69) is 0 Å². The zero-order valence-electron chi connectivity index (χ0n) is 7.59. The fraction of sp³-hybridized carbons (Fsp3) is 0.200. The lowest BCUT2D eigenvalue weighted by Gasteiger charge is -2.01. The molecule has 0 spiro atoms. The lowest BCUT2D eigenvalue weighted by Crippen LogP contribution is -1.99. The Labute approximate surface area is 95.1 Å². The Bertz CT molecular complexity index is 330. The summed E-state index contributed by atoms with van der Waals surface area (Å²) < 4.78 is 35.2. The highest BCUT2D eigenvalue weighted by Gasteiger charge is 2.26. The van der Waals surface area contributed by atoms with E-state index in [1.54, 1.807) is 30.3 Å². The van der Waals surface area contributed by atoms with E-state index in [0.717, 1.165) is 5.56 Å². The lowest BCUT2D eigenvalue weighted by atomic mass is 10.2. The maximum absolute atomic E-state index is 11.7. The van der Waals surface area contributed by atoms with Crippen LogP contribution >= 0.6 is 23.4 Å². The van der Waals surface area contributed by atoms with Crippen LogP contribution in [0.3, 0.4) is 0 Å². The minimum Gasteiger partial charge on any atom is -0.160 e. The summed E-state index contributed by atoms with van der Waals surface area (Å²) in [5.41, 5.74) is -3.33. The van der Waals surface area contributed by atoms with Gasteiger partial charge in [-0.2, -0.15) is 13.2 Å². The molecule has 0 amide bonds. The van der Waals surface area contributed by atoms with Gasteiger partial charge in [-0.1, -0.05) is 35.9 Å². The largest absolute Gasteiger partial charge is 0.442 e. The van der Waals surface area contributed by atoms with E-state index < -0.39 is 5.51 Å². The van der Waals surface area contributed by atoms with Crippen LogP contribution in [0, 0.1) is 0 Å². The first kappa shape index (κ1) is 12.5.